The van der Waals surface area contributed by atoms with Gasteiger partial charge in [-0.15, -0.1) is 0 Å². The van der Waals surface area contributed by atoms with Gasteiger partial charge in [0.15, 0.2) is 0 Å². The molecule has 1 aromatic carbocycles. The lowest BCUT2D eigenvalue weighted by Gasteiger charge is -2.24. The Morgan fingerprint density at radius 1 is 1.46 bits per heavy atom. The lowest BCUT2D eigenvalue weighted by molar-refractivity contribution is -0.141. The van der Waals surface area contributed by atoms with Crippen LogP contribution in [0.1, 0.15) is 6.92 Å². The minimum atomic E-state index is -1.96. The minimum Gasteiger partial charge on any atom is -0.422 e. The molecule has 0 N–H and O–H groups in total. The van der Waals surface area contributed by atoms with Crippen molar-refractivity contribution in [2.24, 2.45) is 0 Å². The van der Waals surface area contributed by atoms with Crippen LogP contribution >= 0.6 is 11.8 Å². The van der Waals surface area contributed by atoms with Gasteiger partial charge in [0.2, 0.25) is 0 Å². The van der Waals surface area contributed by atoms with E-state index in [1.165, 1.54) is 6.92 Å². The van der Waals surface area contributed by atoms with Crippen LogP contribution in [0.15, 0.2) is 29.2 Å². The Kier molecular flexibility index (Phi) is 1.80. The molecule has 13 heavy (non-hydrogen) atoms. The summed E-state index contributed by atoms with van der Waals surface area (Å²) in [5, 5.41) is -1.96. The Hall–Kier alpha value is -1.03. The number of carbonyl (C=O) groups is 1. The van der Waals surface area contributed by atoms with Gasteiger partial charge in [-0.3, -0.25) is 0 Å². The van der Waals surface area contributed by atoms with Crippen LogP contribution < -0.4 is 4.74 Å². The third-order valence-corrected chi connectivity index (χ3v) is 2.83. The zero-order chi connectivity index (χ0) is 9.47. The lowest BCUT2D eigenvalue weighted by Crippen LogP contribution is -2.33. The summed E-state index contributed by atoms with van der Waals surface area (Å²) in [5.74, 6) is -0.399. The average molecular weight is 198 g/mol. The zero-order valence-electron chi connectivity index (χ0n) is 6.91. The normalized spacial score (nSPS) is 26.5. The number of benzene rings is 1. The fourth-order valence-corrected chi connectivity index (χ4v) is 1.95. The maximum Gasteiger partial charge on any atom is 0.360 e. The average Bonchev–Trinajstić information content (AvgIpc) is 2.06. The lowest BCUT2D eigenvalue weighted by atomic mass is 10.3. The number of alkyl halides is 1. The van der Waals surface area contributed by atoms with Crippen LogP contribution in [0, 0.1) is 0 Å². The largest absolute Gasteiger partial charge is 0.422 e. The van der Waals surface area contributed by atoms with Gasteiger partial charge in [-0.05, 0) is 19.1 Å². The molecule has 0 saturated heterocycles. The summed E-state index contributed by atoms with van der Waals surface area (Å²) in [6.07, 6.45) is 0. The third kappa shape index (κ3) is 1.42. The van der Waals surface area contributed by atoms with Crippen molar-refractivity contribution < 1.29 is 13.9 Å². The molecular formula is C9H7FO2S. The number of rotatable bonds is 0. The number of ether oxygens (including phenoxy) is 1. The van der Waals surface area contributed by atoms with Gasteiger partial charge in [0.05, 0.1) is 4.90 Å². The van der Waals surface area contributed by atoms with E-state index in [1.807, 2.05) is 0 Å². The summed E-state index contributed by atoms with van der Waals surface area (Å²) < 4.78 is 18.2. The number of hydrogen-bond acceptors (Lipinski definition) is 3. The van der Waals surface area contributed by atoms with Gasteiger partial charge in [-0.1, -0.05) is 23.9 Å². The quantitative estimate of drug-likeness (QED) is 0.473. The van der Waals surface area contributed by atoms with Crippen LogP contribution in [-0.2, 0) is 4.79 Å². The first-order valence-electron chi connectivity index (χ1n) is 3.79. The Morgan fingerprint density at radius 2 is 2.15 bits per heavy atom. The van der Waals surface area contributed by atoms with Crippen molar-refractivity contribution >= 4 is 17.7 Å². The Labute approximate surface area is 79.1 Å². The fraction of sp³-hybridized carbons (Fsp3) is 0.222. The molecule has 1 heterocycles. The maximum atomic E-state index is 13.4. The molecule has 0 spiro atoms. The summed E-state index contributed by atoms with van der Waals surface area (Å²) in [4.78, 5) is 11.7. The SMILES string of the molecule is CC1(F)Sc2ccccc2OC1=O. The highest BCUT2D eigenvalue weighted by molar-refractivity contribution is 8.01. The molecule has 2 rings (SSSR count). The number of halogens is 1. The van der Waals surface area contributed by atoms with Crippen molar-refractivity contribution in [1.29, 1.82) is 0 Å². The molecule has 68 valence electrons. The molecule has 1 aromatic rings. The Morgan fingerprint density at radius 3 is 2.92 bits per heavy atom. The van der Waals surface area contributed by atoms with E-state index >= 15 is 0 Å². The standard InChI is InChI=1S/C9H7FO2S/c1-9(10)8(11)12-6-4-2-3-5-7(6)13-9/h2-5H,1H3. The molecule has 4 heteroatoms. The molecule has 1 aliphatic rings. The second kappa shape index (κ2) is 2.73. The summed E-state index contributed by atoms with van der Waals surface area (Å²) in [6.45, 7) is 1.20. The second-order valence-electron chi connectivity index (χ2n) is 2.86. The van der Waals surface area contributed by atoms with Crippen molar-refractivity contribution in [2.75, 3.05) is 0 Å². The van der Waals surface area contributed by atoms with Crippen molar-refractivity contribution in [3.63, 3.8) is 0 Å². The first kappa shape index (κ1) is 8.56. The topological polar surface area (TPSA) is 26.3 Å². The first-order valence-corrected chi connectivity index (χ1v) is 4.60. The van der Waals surface area contributed by atoms with E-state index in [9.17, 15) is 9.18 Å². The number of hydrogen-bond donors (Lipinski definition) is 0. The Bertz CT molecular complexity index is 362. The highest BCUT2D eigenvalue weighted by Gasteiger charge is 2.41. The van der Waals surface area contributed by atoms with Gasteiger partial charge >= 0.3 is 5.97 Å². The summed E-state index contributed by atoms with van der Waals surface area (Å²) in [6, 6.07) is 6.90. The van der Waals surface area contributed by atoms with E-state index in [2.05, 4.69) is 0 Å². The molecule has 1 unspecified atom stereocenters. The van der Waals surface area contributed by atoms with E-state index in [4.69, 9.17) is 4.74 Å². The fourth-order valence-electron chi connectivity index (χ4n) is 1.06. The van der Waals surface area contributed by atoms with E-state index < -0.39 is 11.0 Å². The number of para-hydroxylation sites is 1. The third-order valence-electron chi connectivity index (χ3n) is 1.72. The van der Waals surface area contributed by atoms with Gasteiger partial charge < -0.3 is 4.74 Å². The molecule has 1 aliphatic heterocycles. The van der Waals surface area contributed by atoms with E-state index in [0.29, 0.717) is 10.6 Å². The molecule has 0 aromatic heterocycles. The number of thioether (sulfide) groups is 1. The van der Waals surface area contributed by atoms with Crippen LogP contribution in [-0.4, -0.2) is 11.0 Å². The number of fused-ring (bicyclic) bond motifs is 1. The summed E-state index contributed by atoms with van der Waals surface area (Å²) in [5.41, 5.74) is 0. The van der Waals surface area contributed by atoms with Gasteiger partial charge in [-0.2, -0.15) is 0 Å². The summed E-state index contributed by atoms with van der Waals surface area (Å²) in [7, 11) is 0. The predicted octanol–water partition coefficient (Wildman–Crippen LogP) is 2.38. The molecule has 0 amide bonds. The van der Waals surface area contributed by atoms with Crippen LogP contribution in [0.5, 0.6) is 5.75 Å². The van der Waals surface area contributed by atoms with Gasteiger partial charge in [0.1, 0.15) is 5.75 Å². The van der Waals surface area contributed by atoms with Crippen molar-refractivity contribution in [3.05, 3.63) is 24.3 Å². The molecule has 2 nitrogen and oxygen atoms in total. The highest BCUT2D eigenvalue weighted by Crippen LogP contribution is 2.44. The van der Waals surface area contributed by atoms with E-state index in [0.717, 1.165) is 11.8 Å². The van der Waals surface area contributed by atoms with Gasteiger partial charge in [-0.25, -0.2) is 9.18 Å². The van der Waals surface area contributed by atoms with Gasteiger partial charge in [0.25, 0.3) is 5.00 Å². The first-order chi connectivity index (χ1) is 6.09. The zero-order valence-corrected chi connectivity index (χ0v) is 7.73. The number of carbonyl (C=O) groups excluding carboxylic acids is 1. The van der Waals surface area contributed by atoms with Gasteiger partial charge in [0, 0.05) is 0 Å². The smallest absolute Gasteiger partial charge is 0.360 e. The maximum absolute atomic E-state index is 13.4. The van der Waals surface area contributed by atoms with Crippen molar-refractivity contribution in [3.8, 4) is 5.75 Å². The van der Waals surface area contributed by atoms with Crippen LogP contribution in [0.2, 0.25) is 0 Å². The van der Waals surface area contributed by atoms with Crippen molar-refractivity contribution in [2.45, 2.75) is 16.8 Å². The number of esters is 1. The molecule has 1 atom stereocenters. The Balaban J connectivity index is 2.44. The van der Waals surface area contributed by atoms with E-state index in [-0.39, 0.29) is 0 Å². The highest BCUT2D eigenvalue weighted by atomic mass is 32.2. The van der Waals surface area contributed by atoms with E-state index in [1.54, 1.807) is 24.3 Å². The van der Waals surface area contributed by atoms with Crippen LogP contribution in [0.3, 0.4) is 0 Å². The molecule has 0 saturated carbocycles. The molecule has 0 aliphatic carbocycles. The molecule has 0 fully saturated rings. The molecule has 0 radical (unpaired) electrons. The predicted molar refractivity (Wildman–Crippen MR) is 47.4 cm³/mol. The van der Waals surface area contributed by atoms with Crippen LogP contribution in [0.4, 0.5) is 4.39 Å². The molecular weight excluding hydrogens is 191 g/mol. The summed E-state index contributed by atoms with van der Waals surface area (Å²) >= 11 is 0.881. The van der Waals surface area contributed by atoms with Crippen molar-refractivity contribution in [1.82, 2.24) is 0 Å². The van der Waals surface area contributed by atoms with Crippen LogP contribution in [0.25, 0.3) is 0 Å². The minimum absolute atomic E-state index is 0.438. The molecule has 0 bridgehead atoms. The second-order valence-corrected chi connectivity index (χ2v) is 4.27. The monoisotopic (exact) mass is 198 g/mol.